The lowest BCUT2D eigenvalue weighted by atomic mass is 9.82. The van der Waals surface area contributed by atoms with Crippen LogP contribution in [0.15, 0.2) is 97.1 Å². The Morgan fingerprint density at radius 3 is 1.84 bits per heavy atom. The van der Waals surface area contributed by atoms with Crippen molar-refractivity contribution in [1.29, 1.82) is 0 Å². The van der Waals surface area contributed by atoms with Crippen molar-refractivity contribution in [2.24, 2.45) is 0 Å². The Labute approximate surface area is 188 Å². The fraction of sp³-hybridized carbons (Fsp3) is 0.133. The Bertz CT molecular complexity index is 1430. The molecule has 0 aliphatic carbocycles. The zero-order valence-corrected chi connectivity index (χ0v) is 18.2. The topological polar surface area (TPSA) is 18.5 Å². The highest BCUT2D eigenvalue weighted by atomic mass is 16.5. The summed E-state index contributed by atoms with van der Waals surface area (Å²) >= 11 is 0. The Kier molecular flexibility index (Phi) is 4.39. The maximum Gasteiger partial charge on any atom is 0.135 e. The van der Waals surface area contributed by atoms with Gasteiger partial charge in [-0.1, -0.05) is 90.5 Å². The van der Waals surface area contributed by atoms with Gasteiger partial charge < -0.3 is 9.47 Å². The minimum absolute atomic E-state index is 0.0896. The number of aryl methyl sites for hydroxylation is 1. The van der Waals surface area contributed by atoms with E-state index < -0.39 is 0 Å². The Morgan fingerprint density at radius 2 is 1.19 bits per heavy atom. The Balaban J connectivity index is 1.66. The van der Waals surface area contributed by atoms with Gasteiger partial charge in [0.15, 0.2) is 0 Å². The molecule has 5 aromatic carbocycles. The zero-order chi connectivity index (χ0) is 21.7. The molecule has 0 aromatic heterocycles. The summed E-state index contributed by atoms with van der Waals surface area (Å²) in [7, 11) is 1.71. The molecule has 1 aliphatic heterocycles. The smallest absolute Gasteiger partial charge is 0.135 e. The third kappa shape index (κ3) is 2.87. The van der Waals surface area contributed by atoms with Crippen LogP contribution in [0.2, 0.25) is 0 Å². The standard InChI is InChI=1S/C30H24O2/c1-19-11-13-21(14-12-19)29-27(20-15-17-22(31-2)18-16-20)28-25-9-5-3-7-23(25)24-8-4-6-10-26(24)30(28)32-29/h3-18,27,29H,1-2H3/t27-,29-/m0/s1. The molecule has 0 bridgehead atoms. The number of benzene rings is 5. The highest BCUT2D eigenvalue weighted by Gasteiger charge is 2.39. The molecular weight excluding hydrogens is 392 g/mol. The minimum atomic E-state index is -0.0896. The van der Waals surface area contributed by atoms with Gasteiger partial charge in [-0.15, -0.1) is 0 Å². The quantitative estimate of drug-likeness (QED) is 0.282. The minimum Gasteiger partial charge on any atom is -0.497 e. The summed E-state index contributed by atoms with van der Waals surface area (Å²) in [6.45, 7) is 2.12. The Hall–Kier alpha value is -3.78. The number of rotatable bonds is 3. The van der Waals surface area contributed by atoms with Crippen LogP contribution in [0.25, 0.3) is 21.5 Å². The van der Waals surface area contributed by atoms with Crippen LogP contribution < -0.4 is 9.47 Å². The first kappa shape index (κ1) is 18.9. The van der Waals surface area contributed by atoms with E-state index in [0.29, 0.717) is 0 Å². The molecule has 5 aromatic rings. The van der Waals surface area contributed by atoms with E-state index in [-0.39, 0.29) is 12.0 Å². The van der Waals surface area contributed by atoms with E-state index >= 15 is 0 Å². The average Bonchev–Trinajstić information content (AvgIpc) is 3.26. The molecule has 2 atom stereocenters. The molecular formula is C30H24O2. The molecule has 32 heavy (non-hydrogen) atoms. The molecule has 2 heteroatoms. The fourth-order valence-corrected chi connectivity index (χ4v) is 5.09. The van der Waals surface area contributed by atoms with Gasteiger partial charge in [-0.25, -0.2) is 0 Å². The van der Waals surface area contributed by atoms with Crippen molar-refractivity contribution in [3.05, 3.63) is 119 Å². The highest BCUT2D eigenvalue weighted by Crippen LogP contribution is 2.55. The third-order valence-electron chi connectivity index (χ3n) is 6.66. The first-order valence-corrected chi connectivity index (χ1v) is 11.0. The third-order valence-corrected chi connectivity index (χ3v) is 6.66. The van der Waals surface area contributed by atoms with Crippen LogP contribution in [0.4, 0.5) is 0 Å². The number of methoxy groups -OCH3 is 1. The normalized spacial score (nSPS) is 17.3. The number of fused-ring (bicyclic) bond motifs is 6. The van der Waals surface area contributed by atoms with Crippen LogP contribution in [0, 0.1) is 6.92 Å². The van der Waals surface area contributed by atoms with Gasteiger partial charge in [0.2, 0.25) is 0 Å². The van der Waals surface area contributed by atoms with Crippen molar-refractivity contribution in [3.63, 3.8) is 0 Å². The van der Waals surface area contributed by atoms with E-state index in [1.165, 1.54) is 43.8 Å². The first-order valence-electron chi connectivity index (χ1n) is 11.0. The summed E-state index contributed by atoms with van der Waals surface area (Å²) in [4.78, 5) is 0. The molecule has 1 aliphatic rings. The van der Waals surface area contributed by atoms with Crippen LogP contribution in [-0.2, 0) is 0 Å². The largest absolute Gasteiger partial charge is 0.497 e. The van der Waals surface area contributed by atoms with Crippen molar-refractivity contribution in [2.75, 3.05) is 7.11 Å². The van der Waals surface area contributed by atoms with Crippen molar-refractivity contribution in [1.82, 2.24) is 0 Å². The van der Waals surface area contributed by atoms with E-state index in [1.54, 1.807) is 7.11 Å². The number of hydrogen-bond donors (Lipinski definition) is 0. The molecule has 6 rings (SSSR count). The molecule has 0 fully saturated rings. The molecule has 0 saturated carbocycles. The predicted octanol–water partition coefficient (Wildman–Crippen LogP) is 7.58. The second kappa shape index (κ2) is 7.42. The van der Waals surface area contributed by atoms with Crippen LogP contribution in [0.1, 0.15) is 34.3 Å². The molecule has 1 heterocycles. The van der Waals surface area contributed by atoms with Gasteiger partial charge in [-0.2, -0.15) is 0 Å². The van der Waals surface area contributed by atoms with Gasteiger partial charge in [0.1, 0.15) is 17.6 Å². The first-order chi connectivity index (χ1) is 15.7. The molecule has 0 spiro atoms. The van der Waals surface area contributed by atoms with E-state index in [1.807, 2.05) is 12.1 Å². The molecule has 156 valence electrons. The summed E-state index contributed by atoms with van der Waals surface area (Å²) in [6, 6.07) is 34.5. The fourth-order valence-electron chi connectivity index (χ4n) is 5.09. The maximum absolute atomic E-state index is 6.85. The van der Waals surface area contributed by atoms with Gasteiger partial charge in [-0.05, 0) is 46.3 Å². The molecule has 0 saturated heterocycles. The summed E-state index contributed by atoms with van der Waals surface area (Å²) in [5, 5.41) is 4.94. The lowest BCUT2D eigenvalue weighted by Gasteiger charge is -2.21. The summed E-state index contributed by atoms with van der Waals surface area (Å²) in [5.74, 6) is 1.96. The van der Waals surface area contributed by atoms with Crippen LogP contribution >= 0.6 is 0 Å². The van der Waals surface area contributed by atoms with E-state index in [9.17, 15) is 0 Å². The van der Waals surface area contributed by atoms with Crippen molar-refractivity contribution in [3.8, 4) is 11.5 Å². The summed E-state index contributed by atoms with van der Waals surface area (Å²) < 4.78 is 12.3. The summed E-state index contributed by atoms with van der Waals surface area (Å²) in [5.41, 5.74) is 4.95. The van der Waals surface area contributed by atoms with Crippen LogP contribution in [0.3, 0.4) is 0 Å². The van der Waals surface area contributed by atoms with Gasteiger partial charge in [-0.3, -0.25) is 0 Å². The lowest BCUT2D eigenvalue weighted by Crippen LogP contribution is -2.11. The van der Waals surface area contributed by atoms with Crippen molar-refractivity contribution in [2.45, 2.75) is 18.9 Å². The molecule has 0 unspecified atom stereocenters. The lowest BCUT2D eigenvalue weighted by molar-refractivity contribution is 0.224. The van der Waals surface area contributed by atoms with Crippen LogP contribution in [-0.4, -0.2) is 7.11 Å². The zero-order valence-electron chi connectivity index (χ0n) is 18.2. The predicted molar refractivity (Wildman–Crippen MR) is 131 cm³/mol. The maximum atomic E-state index is 6.85. The molecule has 2 nitrogen and oxygen atoms in total. The van der Waals surface area contributed by atoms with Crippen molar-refractivity contribution >= 4 is 21.5 Å². The van der Waals surface area contributed by atoms with Crippen molar-refractivity contribution < 1.29 is 9.47 Å². The average molecular weight is 417 g/mol. The number of hydrogen-bond acceptors (Lipinski definition) is 2. The Morgan fingerprint density at radius 1 is 0.625 bits per heavy atom. The number of ether oxygens (including phenoxy) is 2. The van der Waals surface area contributed by atoms with Crippen LogP contribution in [0.5, 0.6) is 11.5 Å². The van der Waals surface area contributed by atoms with Gasteiger partial charge in [0.25, 0.3) is 0 Å². The monoisotopic (exact) mass is 416 g/mol. The van der Waals surface area contributed by atoms with Gasteiger partial charge >= 0.3 is 0 Å². The highest BCUT2D eigenvalue weighted by molar-refractivity contribution is 6.13. The second-order valence-electron chi connectivity index (χ2n) is 8.53. The SMILES string of the molecule is COc1ccc([C@H]2c3c(c4ccccc4c4ccccc34)O[C@H]2c2ccc(C)cc2)cc1. The molecule has 0 N–H and O–H groups in total. The molecule has 0 radical (unpaired) electrons. The van der Waals surface area contributed by atoms with Gasteiger partial charge in [0.05, 0.1) is 13.0 Å². The molecule has 0 amide bonds. The van der Waals surface area contributed by atoms with Gasteiger partial charge in [0, 0.05) is 10.9 Å². The second-order valence-corrected chi connectivity index (χ2v) is 8.53. The summed E-state index contributed by atoms with van der Waals surface area (Å²) in [6.07, 6.45) is -0.0896. The van der Waals surface area contributed by atoms with E-state index in [2.05, 4.69) is 91.9 Å². The van der Waals surface area contributed by atoms with E-state index in [4.69, 9.17) is 9.47 Å². The van der Waals surface area contributed by atoms with E-state index in [0.717, 1.165) is 11.5 Å².